The molecule has 1 aromatic heterocycles. The van der Waals surface area contributed by atoms with Crippen molar-refractivity contribution in [2.75, 3.05) is 0 Å². The van der Waals surface area contributed by atoms with Crippen molar-refractivity contribution in [2.45, 2.75) is 19.6 Å². The van der Waals surface area contributed by atoms with Gasteiger partial charge in [-0.25, -0.2) is 4.98 Å². The van der Waals surface area contributed by atoms with Crippen LogP contribution in [0.1, 0.15) is 17.1 Å². The van der Waals surface area contributed by atoms with Crippen molar-refractivity contribution in [3.05, 3.63) is 27.4 Å². The number of rotatable bonds is 1. The van der Waals surface area contributed by atoms with E-state index in [4.69, 9.17) is 5.73 Å². The van der Waals surface area contributed by atoms with Gasteiger partial charge in [0.2, 0.25) is 0 Å². The van der Waals surface area contributed by atoms with E-state index >= 15 is 0 Å². The number of nitrogens with zero attached hydrogens (tertiary/aromatic N) is 1. The van der Waals surface area contributed by atoms with Gasteiger partial charge in [0.15, 0.2) is 5.69 Å². The second kappa shape index (κ2) is 3.41. The SMILES string of the molecule is Cc1c(C(F)(F)F)nc(CN)[nH]c1=O. The fourth-order valence-corrected chi connectivity index (χ4v) is 0.952. The van der Waals surface area contributed by atoms with Gasteiger partial charge in [-0.05, 0) is 6.92 Å². The number of alkyl halides is 3. The quantitative estimate of drug-likeness (QED) is 0.706. The van der Waals surface area contributed by atoms with E-state index < -0.39 is 23.0 Å². The fraction of sp³-hybridized carbons (Fsp3) is 0.429. The first-order chi connectivity index (χ1) is 6.36. The van der Waals surface area contributed by atoms with E-state index in [9.17, 15) is 18.0 Å². The van der Waals surface area contributed by atoms with Crippen LogP contribution in [0.25, 0.3) is 0 Å². The summed E-state index contributed by atoms with van der Waals surface area (Å²) >= 11 is 0. The summed E-state index contributed by atoms with van der Waals surface area (Å²) < 4.78 is 36.9. The predicted molar refractivity (Wildman–Crippen MR) is 42.5 cm³/mol. The van der Waals surface area contributed by atoms with Crippen molar-refractivity contribution in [3.63, 3.8) is 0 Å². The molecule has 1 heterocycles. The van der Waals surface area contributed by atoms with Crippen molar-refractivity contribution >= 4 is 0 Å². The Morgan fingerprint density at radius 2 is 2.07 bits per heavy atom. The standard InChI is InChI=1S/C7H8F3N3O/c1-3-5(7(8,9)10)12-4(2-11)13-6(3)14/h2,11H2,1H3,(H,12,13,14). The Morgan fingerprint density at radius 3 is 2.50 bits per heavy atom. The fourth-order valence-electron chi connectivity index (χ4n) is 0.952. The predicted octanol–water partition coefficient (Wildman–Crippen LogP) is 0.556. The maximum atomic E-state index is 12.3. The van der Waals surface area contributed by atoms with E-state index in [1.165, 1.54) is 0 Å². The molecule has 1 aromatic rings. The third kappa shape index (κ3) is 1.92. The van der Waals surface area contributed by atoms with Crippen LogP contribution in [0.2, 0.25) is 0 Å². The van der Waals surface area contributed by atoms with Gasteiger partial charge in [-0.3, -0.25) is 4.79 Å². The molecule has 4 nitrogen and oxygen atoms in total. The molecule has 0 aromatic carbocycles. The van der Waals surface area contributed by atoms with E-state index in [0.717, 1.165) is 6.92 Å². The van der Waals surface area contributed by atoms with Crippen LogP contribution in [0.5, 0.6) is 0 Å². The topological polar surface area (TPSA) is 71.8 Å². The number of nitrogens with two attached hydrogens (primary N) is 1. The summed E-state index contributed by atoms with van der Waals surface area (Å²) in [4.78, 5) is 16.4. The lowest BCUT2D eigenvalue weighted by Gasteiger charge is -2.09. The lowest BCUT2D eigenvalue weighted by atomic mass is 10.2. The van der Waals surface area contributed by atoms with Gasteiger partial charge in [-0.15, -0.1) is 0 Å². The summed E-state index contributed by atoms with van der Waals surface area (Å²) in [5.74, 6) is -0.173. The average molecular weight is 207 g/mol. The van der Waals surface area contributed by atoms with Crippen molar-refractivity contribution in [1.29, 1.82) is 0 Å². The molecule has 0 aliphatic rings. The van der Waals surface area contributed by atoms with Gasteiger partial charge in [0, 0.05) is 5.56 Å². The number of hydrogen-bond acceptors (Lipinski definition) is 3. The molecule has 0 fully saturated rings. The summed E-state index contributed by atoms with van der Waals surface area (Å²) in [6.07, 6.45) is -4.62. The molecule has 0 saturated heterocycles. The van der Waals surface area contributed by atoms with Crippen LogP contribution < -0.4 is 11.3 Å². The molecule has 3 N–H and O–H groups in total. The summed E-state index contributed by atoms with van der Waals surface area (Å²) in [5, 5.41) is 0. The number of nitrogens with one attached hydrogen (secondary N) is 1. The highest BCUT2D eigenvalue weighted by molar-refractivity contribution is 5.18. The summed E-state index contributed by atoms with van der Waals surface area (Å²) in [6, 6.07) is 0. The van der Waals surface area contributed by atoms with E-state index in [0.29, 0.717) is 0 Å². The third-order valence-corrected chi connectivity index (χ3v) is 1.66. The molecular weight excluding hydrogens is 199 g/mol. The molecule has 0 aliphatic carbocycles. The first-order valence-corrected chi connectivity index (χ1v) is 3.73. The molecule has 14 heavy (non-hydrogen) atoms. The van der Waals surface area contributed by atoms with E-state index in [-0.39, 0.29) is 12.4 Å². The van der Waals surface area contributed by atoms with Crippen LogP contribution in [0.4, 0.5) is 13.2 Å². The summed E-state index contributed by atoms with van der Waals surface area (Å²) in [5.41, 5.74) is 2.64. The minimum Gasteiger partial charge on any atom is -0.324 e. The number of hydrogen-bond donors (Lipinski definition) is 2. The third-order valence-electron chi connectivity index (χ3n) is 1.66. The maximum Gasteiger partial charge on any atom is 0.433 e. The lowest BCUT2D eigenvalue weighted by molar-refractivity contribution is -0.141. The normalized spacial score (nSPS) is 11.8. The highest BCUT2D eigenvalue weighted by atomic mass is 19.4. The monoisotopic (exact) mass is 207 g/mol. The van der Waals surface area contributed by atoms with Gasteiger partial charge in [-0.1, -0.05) is 0 Å². The molecule has 78 valence electrons. The first-order valence-electron chi connectivity index (χ1n) is 3.73. The minimum absolute atomic E-state index is 0.173. The van der Waals surface area contributed by atoms with E-state index in [1.54, 1.807) is 0 Å². The van der Waals surface area contributed by atoms with Crippen LogP contribution in [0.15, 0.2) is 4.79 Å². The van der Waals surface area contributed by atoms with Crippen LogP contribution in [-0.2, 0) is 12.7 Å². The van der Waals surface area contributed by atoms with Crippen molar-refractivity contribution in [3.8, 4) is 0 Å². The Bertz CT molecular complexity index is 396. The van der Waals surface area contributed by atoms with Gasteiger partial charge < -0.3 is 10.7 Å². The van der Waals surface area contributed by atoms with Crippen LogP contribution >= 0.6 is 0 Å². The van der Waals surface area contributed by atoms with Crippen molar-refractivity contribution in [1.82, 2.24) is 9.97 Å². The van der Waals surface area contributed by atoms with Gasteiger partial charge in [0.1, 0.15) is 5.82 Å². The number of aromatic amines is 1. The van der Waals surface area contributed by atoms with Crippen LogP contribution in [-0.4, -0.2) is 9.97 Å². The van der Waals surface area contributed by atoms with Crippen LogP contribution in [0.3, 0.4) is 0 Å². The largest absolute Gasteiger partial charge is 0.433 e. The molecule has 0 spiro atoms. The van der Waals surface area contributed by atoms with Gasteiger partial charge >= 0.3 is 6.18 Å². The second-order valence-corrected chi connectivity index (χ2v) is 2.69. The van der Waals surface area contributed by atoms with Gasteiger partial charge in [0.25, 0.3) is 5.56 Å². The van der Waals surface area contributed by atoms with Gasteiger partial charge in [0.05, 0.1) is 6.54 Å². The molecule has 0 aliphatic heterocycles. The molecule has 0 unspecified atom stereocenters. The summed E-state index contributed by atoms with van der Waals surface area (Å²) in [6.45, 7) is 0.827. The van der Waals surface area contributed by atoms with Crippen molar-refractivity contribution < 1.29 is 13.2 Å². The maximum absolute atomic E-state index is 12.3. The van der Waals surface area contributed by atoms with Crippen molar-refractivity contribution in [2.24, 2.45) is 5.73 Å². The van der Waals surface area contributed by atoms with E-state index in [2.05, 4.69) is 9.97 Å². The smallest absolute Gasteiger partial charge is 0.324 e. The Hall–Kier alpha value is -1.37. The Labute approximate surface area is 77.0 Å². The Balaban J connectivity index is 3.43. The number of halogens is 3. The zero-order chi connectivity index (χ0) is 10.9. The number of aromatic nitrogens is 2. The highest BCUT2D eigenvalue weighted by Gasteiger charge is 2.35. The zero-order valence-electron chi connectivity index (χ0n) is 7.27. The van der Waals surface area contributed by atoms with Crippen LogP contribution in [0, 0.1) is 6.92 Å². The molecule has 0 radical (unpaired) electrons. The highest BCUT2D eigenvalue weighted by Crippen LogP contribution is 2.28. The molecule has 1 rings (SSSR count). The lowest BCUT2D eigenvalue weighted by Crippen LogP contribution is -2.24. The Kier molecular flexibility index (Phi) is 2.61. The molecule has 7 heteroatoms. The molecular formula is C7H8F3N3O. The second-order valence-electron chi connectivity index (χ2n) is 2.69. The summed E-state index contributed by atoms with van der Waals surface area (Å²) in [7, 11) is 0. The van der Waals surface area contributed by atoms with Gasteiger partial charge in [-0.2, -0.15) is 13.2 Å². The average Bonchev–Trinajstić information content (AvgIpc) is 2.07. The zero-order valence-corrected chi connectivity index (χ0v) is 7.27. The minimum atomic E-state index is -4.62. The Morgan fingerprint density at radius 1 is 1.50 bits per heavy atom. The first kappa shape index (κ1) is 10.7. The number of H-pyrrole nitrogens is 1. The van der Waals surface area contributed by atoms with E-state index in [1.807, 2.05) is 0 Å². The molecule has 0 saturated carbocycles. The molecule has 0 amide bonds. The molecule has 0 bridgehead atoms. The molecule has 0 atom stereocenters.